The van der Waals surface area contributed by atoms with Crippen molar-refractivity contribution in [3.8, 4) is 0 Å². The SMILES string of the molecule is COC1(F)C=C(F)C(C2=C(c3ccc(S(C)(=O)=O)cc3)CC3(CC3)C2)C=C1F. The molecule has 0 bridgehead atoms. The van der Waals surface area contributed by atoms with E-state index in [1.54, 1.807) is 12.1 Å². The summed E-state index contributed by atoms with van der Waals surface area (Å²) < 4.78 is 71.2. The van der Waals surface area contributed by atoms with Crippen LogP contribution in [0.25, 0.3) is 5.57 Å². The average molecular weight is 410 g/mol. The third-order valence-electron chi connectivity index (χ3n) is 6.02. The van der Waals surface area contributed by atoms with Gasteiger partial charge in [0.05, 0.1) is 10.8 Å². The minimum Gasteiger partial charge on any atom is -0.341 e. The van der Waals surface area contributed by atoms with Crippen LogP contribution in [0.1, 0.15) is 31.2 Å². The Morgan fingerprint density at radius 1 is 1.11 bits per heavy atom. The van der Waals surface area contributed by atoms with Crippen LogP contribution >= 0.6 is 0 Å². The number of hydrogen-bond donors (Lipinski definition) is 0. The number of methoxy groups -OCH3 is 1. The molecule has 0 aromatic heterocycles. The maximum atomic E-state index is 14.8. The molecule has 1 fully saturated rings. The highest BCUT2D eigenvalue weighted by Gasteiger charge is 2.51. The summed E-state index contributed by atoms with van der Waals surface area (Å²) in [5.41, 5.74) is 2.47. The second kappa shape index (κ2) is 6.32. The van der Waals surface area contributed by atoms with Gasteiger partial charge in [0.25, 0.3) is 5.85 Å². The minimum atomic E-state index is -3.32. The van der Waals surface area contributed by atoms with E-state index >= 15 is 0 Å². The van der Waals surface area contributed by atoms with Crippen molar-refractivity contribution < 1.29 is 26.3 Å². The van der Waals surface area contributed by atoms with Gasteiger partial charge in [-0.05, 0) is 60.4 Å². The van der Waals surface area contributed by atoms with Crippen molar-refractivity contribution in [1.29, 1.82) is 0 Å². The maximum Gasteiger partial charge on any atom is 0.283 e. The first-order chi connectivity index (χ1) is 13.1. The number of ether oxygens (including phenoxy) is 1. The van der Waals surface area contributed by atoms with Crippen LogP contribution in [-0.2, 0) is 14.6 Å². The predicted octanol–water partition coefficient (Wildman–Crippen LogP) is 5.07. The number of sulfone groups is 1. The molecule has 0 N–H and O–H groups in total. The highest BCUT2D eigenvalue weighted by Crippen LogP contribution is 2.63. The highest BCUT2D eigenvalue weighted by molar-refractivity contribution is 7.90. The Morgan fingerprint density at radius 2 is 1.75 bits per heavy atom. The fourth-order valence-electron chi connectivity index (χ4n) is 4.18. The van der Waals surface area contributed by atoms with Crippen LogP contribution in [0.15, 0.2) is 58.5 Å². The van der Waals surface area contributed by atoms with Gasteiger partial charge in [-0.25, -0.2) is 17.2 Å². The molecule has 150 valence electrons. The minimum absolute atomic E-state index is 0.0657. The van der Waals surface area contributed by atoms with Crippen molar-refractivity contribution in [2.75, 3.05) is 13.4 Å². The van der Waals surface area contributed by atoms with Gasteiger partial charge in [0, 0.05) is 19.4 Å². The van der Waals surface area contributed by atoms with E-state index in [-0.39, 0.29) is 10.3 Å². The third kappa shape index (κ3) is 3.24. The predicted molar refractivity (Wildman–Crippen MR) is 100 cm³/mol. The number of benzene rings is 1. The molecule has 0 aliphatic heterocycles. The molecule has 0 radical (unpaired) electrons. The zero-order valence-electron chi connectivity index (χ0n) is 15.6. The molecule has 2 atom stereocenters. The summed E-state index contributed by atoms with van der Waals surface area (Å²) in [5, 5.41) is 0. The van der Waals surface area contributed by atoms with Crippen LogP contribution in [0.3, 0.4) is 0 Å². The van der Waals surface area contributed by atoms with Crippen molar-refractivity contribution in [3.05, 3.63) is 59.2 Å². The molecule has 1 aromatic rings. The average Bonchev–Trinajstić information content (AvgIpc) is 3.29. The van der Waals surface area contributed by atoms with E-state index in [0.717, 1.165) is 55.4 Å². The molecule has 3 nitrogen and oxygen atoms in total. The maximum absolute atomic E-state index is 14.8. The molecule has 28 heavy (non-hydrogen) atoms. The lowest BCUT2D eigenvalue weighted by Crippen LogP contribution is -2.28. The molecule has 4 rings (SSSR count). The van der Waals surface area contributed by atoms with Gasteiger partial charge in [-0.2, -0.15) is 4.39 Å². The van der Waals surface area contributed by atoms with Gasteiger partial charge in [0.15, 0.2) is 15.7 Å². The molecule has 3 aliphatic rings. The van der Waals surface area contributed by atoms with Crippen molar-refractivity contribution in [1.82, 2.24) is 0 Å². The van der Waals surface area contributed by atoms with E-state index in [1.807, 2.05) is 0 Å². The topological polar surface area (TPSA) is 43.4 Å². The lowest BCUT2D eigenvalue weighted by Gasteiger charge is -2.26. The van der Waals surface area contributed by atoms with Crippen LogP contribution in [0.5, 0.6) is 0 Å². The zero-order chi connectivity index (χ0) is 20.3. The summed E-state index contributed by atoms with van der Waals surface area (Å²) in [6.45, 7) is 0. The Hall–Kier alpha value is -1.86. The standard InChI is InChI=1S/C21H21F3O3S/c1-27-21(24)12-18(22)15(9-19(21)23)17-11-20(7-8-20)10-16(17)13-3-5-14(6-4-13)28(2,25)26/h3-6,9,12,15H,7-8,10-11H2,1-2H3. The van der Waals surface area contributed by atoms with Crippen molar-refractivity contribution in [2.24, 2.45) is 11.3 Å². The van der Waals surface area contributed by atoms with E-state index in [2.05, 4.69) is 4.74 Å². The van der Waals surface area contributed by atoms with Crippen molar-refractivity contribution >= 4 is 15.4 Å². The summed E-state index contributed by atoms with van der Waals surface area (Å²) in [6, 6.07) is 6.45. The Bertz CT molecular complexity index is 1020. The quantitative estimate of drug-likeness (QED) is 0.696. The first kappa shape index (κ1) is 19.5. The summed E-state index contributed by atoms with van der Waals surface area (Å²) >= 11 is 0. The van der Waals surface area contributed by atoms with Gasteiger partial charge in [-0.3, -0.25) is 0 Å². The second-order valence-electron chi connectivity index (χ2n) is 8.02. The van der Waals surface area contributed by atoms with Crippen molar-refractivity contribution in [2.45, 2.75) is 36.4 Å². The molecule has 1 spiro atoms. The van der Waals surface area contributed by atoms with Crippen LogP contribution in [0.2, 0.25) is 0 Å². The number of rotatable bonds is 4. The van der Waals surface area contributed by atoms with Gasteiger partial charge in [-0.1, -0.05) is 17.7 Å². The van der Waals surface area contributed by atoms with Crippen LogP contribution in [-0.4, -0.2) is 27.6 Å². The van der Waals surface area contributed by atoms with E-state index in [0.29, 0.717) is 12.5 Å². The van der Waals surface area contributed by atoms with E-state index in [4.69, 9.17) is 0 Å². The smallest absolute Gasteiger partial charge is 0.283 e. The summed E-state index contributed by atoms with van der Waals surface area (Å²) in [4.78, 5) is 0.203. The Balaban J connectivity index is 1.76. The Kier molecular flexibility index (Phi) is 4.39. The molecule has 1 saturated carbocycles. The molecule has 7 heteroatoms. The number of halogens is 3. The molecule has 0 saturated heterocycles. The first-order valence-electron chi connectivity index (χ1n) is 9.09. The molecule has 0 amide bonds. The Labute approximate surface area is 162 Å². The third-order valence-corrected chi connectivity index (χ3v) is 7.15. The van der Waals surface area contributed by atoms with E-state index in [1.165, 1.54) is 12.1 Å². The fraction of sp³-hybridized carbons (Fsp3) is 0.429. The molecule has 0 heterocycles. The molecule has 2 unspecified atom stereocenters. The van der Waals surface area contributed by atoms with Gasteiger partial charge < -0.3 is 4.74 Å². The second-order valence-corrected chi connectivity index (χ2v) is 10.0. The van der Waals surface area contributed by atoms with Crippen LogP contribution in [0, 0.1) is 11.3 Å². The van der Waals surface area contributed by atoms with Crippen LogP contribution < -0.4 is 0 Å². The molecular weight excluding hydrogens is 389 g/mol. The zero-order valence-corrected chi connectivity index (χ0v) is 16.5. The molecule has 1 aromatic carbocycles. The lowest BCUT2D eigenvalue weighted by atomic mass is 9.87. The van der Waals surface area contributed by atoms with Gasteiger partial charge in [0.2, 0.25) is 0 Å². The molecule has 3 aliphatic carbocycles. The normalized spacial score (nSPS) is 29.1. The van der Waals surface area contributed by atoms with Gasteiger partial charge in [0.1, 0.15) is 5.83 Å². The monoisotopic (exact) mass is 410 g/mol. The van der Waals surface area contributed by atoms with E-state index < -0.39 is 33.3 Å². The number of hydrogen-bond acceptors (Lipinski definition) is 3. The van der Waals surface area contributed by atoms with Gasteiger partial charge in [-0.15, -0.1) is 0 Å². The lowest BCUT2D eigenvalue weighted by molar-refractivity contribution is -0.0668. The summed E-state index contributed by atoms with van der Waals surface area (Å²) in [5.74, 6) is -5.77. The largest absolute Gasteiger partial charge is 0.341 e. The summed E-state index contributed by atoms with van der Waals surface area (Å²) in [7, 11) is -2.33. The Morgan fingerprint density at radius 3 is 2.29 bits per heavy atom. The fourth-order valence-corrected chi connectivity index (χ4v) is 4.81. The van der Waals surface area contributed by atoms with Crippen molar-refractivity contribution in [3.63, 3.8) is 0 Å². The first-order valence-corrected chi connectivity index (χ1v) is 11.0. The van der Waals surface area contributed by atoms with Crippen LogP contribution in [0.4, 0.5) is 13.2 Å². The van der Waals surface area contributed by atoms with E-state index in [9.17, 15) is 21.6 Å². The molecular formula is C21H21F3O3S. The highest BCUT2D eigenvalue weighted by atomic mass is 32.2. The van der Waals surface area contributed by atoms with Gasteiger partial charge >= 0.3 is 0 Å². The summed E-state index contributed by atoms with van der Waals surface area (Å²) in [6.07, 6.45) is 6.02. The number of alkyl halides is 1. The number of allylic oxidation sites excluding steroid dienone is 4.